The van der Waals surface area contributed by atoms with E-state index >= 15 is 0 Å². The first kappa shape index (κ1) is 11.6. The van der Waals surface area contributed by atoms with Gasteiger partial charge in [0.1, 0.15) is 6.54 Å². The lowest BCUT2D eigenvalue weighted by atomic mass is 10.5. The lowest BCUT2D eigenvalue weighted by Gasteiger charge is -2.12. The van der Waals surface area contributed by atoms with E-state index < -0.39 is 3.79 Å². The van der Waals surface area contributed by atoms with Crippen molar-refractivity contribution in [3.8, 4) is 0 Å². The Morgan fingerprint density at radius 1 is 1.64 bits per heavy atom. The number of nitrogens with one attached hydrogen (secondary N) is 1. The van der Waals surface area contributed by atoms with Crippen molar-refractivity contribution in [3.63, 3.8) is 0 Å². The van der Waals surface area contributed by atoms with Crippen LogP contribution in [0.3, 0.4) is 0 Å². The minimum Gasteiger partial charge on any atom is -0.358 e. The van der Waals surface area contributed by atoms with Gasteiger partial charge in [0.15, 0.2) is 5.82 Å². The molecule has 0 unspecified atom stereocenters. The van der Waals surface area contributed by atoms with Crippen LogP contribution < -0.4 is 5.32 Å². The molecule has 0 bridgehead atoms. The zero-order valence-electron chi connectivity index (χ0n) is 7.30. The van der Waals surface area contributed by atoms with E-state index in [0.717, 1.165) is 0 Å². The van der Waals surface area contributed by atoms with Crippen molar-refractivity contribution < 1.29 is 4.79 Å². The first-order valence-electron chi connectivity index (χ1n) is 3.74. The molecule has 0 atom stereocenters. The van der Waals surface area contributed by atoms with E-state index in [1.54, 1.807) is 6.20 Å². The van der Waals surface area contributed by atoms with Gasteiger partial charge in [-0.05, 0) is 0 Å². The Hall–Kier alpha value is -0.450. The van der Waals surface area contributed by atoms with Gasteiger partial charge in [0.2, 0.25) is 9.70 Å². The lowest BCUT2D eigenvalue weighted by Crippen LogP contribution is -2.25. The summed E-state index contributed by atoms with van der Waals surface area (Å²) in [7, 11) is 1.54. The number of alkyl halides is 3. The SMILES string of the molecule is CNC(=O)Cn1ccnc1C(Cl)(Cl)Cl. The highest BCUT2D eigenvalue weighted by molar-refractivity contribution is 6.66. The number of amides is 1. The fraction of sp³-hybridized carbons (Fsp3) is 0.429. The Labute approximate surface area is 96.2 Å². The van der Waals surface area contributed by atoms with Crippen LogP contribution in [0.2, 0.25) is 0 Å². The molecule has 1 aromatic rings. The molecule has 0 fully saturated rings. The van der Waals surface area contributed by atoms with Gasteiger partial charge in [0.25, 0.3) is 0 Å². The first-order chi connectivity index (χ1) is 6.45. The minimum atomic E-state index is -1.61. The van der Waals surface area contributed by atoms with Gasteiger partial charge >= 0.3 is 0 Å². The van der Waals surface area contributed by atoms with Gasteiger partial charge in [-0.25, -0.2) is 4.98 Å². The van der Waals surface area contributed by atoms with Gasteiger partial charge < -0.3 is 9.88 Å². The van der Waals surface area contributed by atoms with E-state index in [-0.39, 0.29) is 18.3 Å². The maximum absolute atomic E-state index is 11.1. The van der Waals surface area contributed by atoms with Crippen molar-refractivity contribution in [1.82, 2.24) is 14.9 Å². The fourth-order valence-electron chi connectivity index (χ4n) is 0.927. The number of hydrogen-bond donors (Lipinski definition) is 1. The second-order valence-corrected chi connectivity index (χ2v) is 4.83. The van der Waals surface area contributed by atoms with Gasteiger partial charge in [-0.3, -0.25) is 4.79 Å². The van der Waals surface area contributed by atoms with E-state index in [4.69, 9.17) is 34.8 Å². The second-order valence-electron chi connectivity index (χ2n) is 2.55. The summed E-state index contributed by atoms with van der Waals surface area (Å²) in [5.41, 5.74) is 0. The third-order valence-corrected chi connectivity index (χ3v) is 2.07. The average Bonchev–Trinajstić information content (AvgIpc) is 2.51. The molecule has 0 radical (unpaired) electrons. The largest absolute Gasteiger partial charge is 0.358 e. The highest BCUT2D eigenvalue weighted by Gasteiger charge is 2.28. The number of halogens is 3. The molecule has 1 amide bonds. The van der Waals surface area contributed by atoms with Crippen LogP contribution in [-0.4, -0.2) is 22.5 Å². The van der Waals surface area contributed by atoms with Crippen molar-refractivity contribution >= 4 is 40.7 Å². The summed E-state index contributed by atoms with van der Waals surface area (Å²) in [6.45, 7) is 0.0831. The minimum absolute atomic E-state index is 0.0831. The van der Waals surface area contributed by atoms with E-state index in [0.29, 0.717) is 0 Å². The Morgan fingerprint density at radius 3 is 2.79 bits per heavy atom. The van der Waals surface area contributed by atoms with Crippen LogP contribution in [0.15, 0.2) is 12.4 Å². The molecule has 1 rings (SSSR count). The second kappa shape index (κ2) is 4.38. The molecule has 0 aliphatic carbocycles. The van der Waals surface area contributed by atoms with Crippen LogP contribution in [0, 0.1) is 0 Å². The summed E-state index contributed by atoms with van der Waals surface area (Å²) in [5, 5.41) is 2.47. The fourth-order valence-corrected chi connectivity index (χ4v) is 1.40. The van der Waals surface area contributed by atoms with Crippen molar-refractivity contribution in [2.24, 2.45) is 0 Å². The molecule has 14 heavy (non-hydrogen) atoms. The Balaban J connectivity index is 2.88. The van der Waals surface area contributed by atoms with Crippen LogP contribution in [0.4, 0.5) is 0 Å². The van der Waals surface area contributed by atoms with Crippen LogP contribution in [-0.2, 0) is 15.1 Å². The van der Waals surface area contributed by atoms with E-state index in [2.05, 4.69) is 10.3 Å². The van der Waals surface area contributed by atoms with Crippen LogP contribution in [0.25, 0.3) is 0 Å². The van der Waals surface area contributed by atoms with Crippen molar-refractivity contribution in [2.75, 3.05) is 7.05 Å². The number of aromatic nitrogens is 2. The summed E-state index contributed by atoms with van der Waals surface area (Å²) in [6, 6.07) is 0. The Kier molecular flexibility index (Phi) is 3.64. The number of likely N-dealkylation sites (N-methyl/N-ethyl adjacent to an activating group) is 1. The predicted octanol–water partition coefficient (Wildman–Crippen LogP) is 1.46. The molecule has 1 heterocycles. The molecular formula is C7H8Cl3N3O. The molecule has 0 aromatic carbocycles. The highest BCUT2D eigenvalue weighted by atomic mass is 35.6. The normalized spacial score (nSPS) is 11.4. The third kappa shape index (κ3) is 2.77. The van der Waals surface area contributed by atoms with Crippen LogP contribution in [0.5, 0.6) is 0 Å². The smallest absolute Gasteiger partial charge is 0.248 e. The van der Waals surface area contributed by atoms with Crippen LogP contribution >= 0.6 is 34.8 Å². The summed E-state index contributed by atoms with van der Waals surface area (Å²) in [4.78, 5) is 14.9. The monoisotopic (exact) mass is 255 g/mol. The van der Waals surface area contributed by atoms with E-state index in [1.807, 2.05) is 0 Å². The van der Waals surface area contributed by atoms with Gasteiger partial charge in [-0.15, -0.1) is 0 Å². The molecule has 1 aromatic heterocycles. The summed E-state index contributed by atoms with van der Waals surface area (Å²) >= 11 is 16.9. The van der Waals surface area contributed by atoms with Gasteiger partial charge in [0, 0.05) is 19.4 Å². The molecule has 0 aliphatic heterocycles. The van der Waals surface area contributed by atoms with E-state index in [1.165, 1.54) is 17.8 Å². The zero-order chi connectivity index (χ0) is 10.8. The molecular weight excluding hydrogens is 248 g/mol. The maximum Gasteiger partial charge on any atom is 0.248 e. The maximum atomic E-state index is 11.1. The number of nitrogens with zero attached hydrogens (tertiary/aromatic N) is 2. The molecule has 0 saturated heterocycles. The van der Waals surface area contributed by atoms with Gasteiger partial charge in [0.05, 0.1) is 0 Å². The number of carbonyl (C=O) groups excluding carboxylic acids is 1. The van der Waals surface area contributed by atoms with Gasteiger partial charge in [-0.2, -0.15) is 0 Å². The Morgan fingerprint density at radius 2 is 2.29 bits per heavy atom. The van der Waals surface area contributed by atoms with Crippen LogP contribution in [0.1, 0.15) is 5.82 Å². The third-order valence-electron chi connectivity index (χ3n) is 1.56. The van der Waals surface area contributed by atoms with E-state index in [9.17, 15) is 4.79 Å². The average molecular weight is 257 g/mol. The number of hydrogen-bond acceptors (Lipinski definition) is 2. The molecule has 0 saturated carbocycles. The zero-order valence-corrected chi connectivity index (χ0v) is 9.57. The molecule has 7 heteroatoms. The quantitative estimate of drug-likeness (QED) is 0.814. The van der Waals surface area contributed by atoms with Crippen molar-refractivity contribution in [1.29, 1.82) is 0 Å². The van der Waals surface area contributed by atoms with Crippen molar-refractivity contribution in [3.05, 3.63) is 18.2 Å². The number of rotatable bonds is 2. The number of imidazole rings is 1. The predicted molar refractivity (Wildman–Crippen MR) is 55.5 cm³/mol. The topological polar surface area (TPSA) is 46.9 Å². The molecule has 0 aliphatic rings. The molecule has 1 N–H and O–H groups in total. The lowest BCUT2D eigenvalue weighted by molar-refractivity contribution is -0.121. The summed E-state index contributed by atoms with van der Waals surface area (Å²) < 4.78 is -0.136. The highest BCUT2D eigenvalue weighted by Crippen LogP contribution is 2.36. The molecule has 78 valence electrons. The first-order valence-corrected chi connectivity index (χ1v) is 4.87. The van der Waals surface area contributed by atoms with Gasteiger partial charge in [-0.1, -0.05) is 34.8 Å². The standard InChI is InChI=1S/C7H8Cl3N3O/c1-11-5(14)4-13-3-2-12-6(13)7(8,9)10/h2-3H,4H2,1H3,(H,11,14). The van der Waals surface area contributed by atoms with Crippen molar-refractivity contribution in [2.45, 2.75) is 10.3 Å². The number of carbonyl (C=O) groups is 1. The summed E-state index contributed by atoms with van der Waals surface area (Å²) in [6.07, 6.45) is 3.05. The summed E-state index contributed by atoms with van der Waals surface area (Å²) in [5.74, 6) is 0.0459. The molecule has 4 nitrogen and oxygen atoms in total. The molecule has 0 spiro atoms. The Bertz CT molecular complexity index is 331.